The number of nitrogens with one attached hydrogen (secondary N) is 1. The quantitative estimate of drug-likeness (QED) is 0.890. The smallest absolute Gasteiger partial charge is 0.278 e. The van der Waals surface area contributed by atoms with Crippen LogP contribution in [0.25, 0.3) is 0 Å². The fourth-order valence-corrected chi connectivity index (χ4v) is 1.81. The maximum absolute atomic E-state index is 12.1. The zero-order chi connectivity index (χ0) is 14.7. The van der Waals surface area contributed by atoms with Crippen molar-refractivity contribution in [3.8, 4) is 0 Å². The largest absolute Gasteiger partial charge is 0.396 e. The van der Waals surface area contributed by atoms with Gasteiger partial charge in [0.2, 0.25) is 0 Å². The molecule has 0 fully saturated rings. The third-order valence-electron chi connectivity index (χ3n) is 2.97. The van der Waals surface area contributed by atoms with Crippen LogP contribution < -0.4 is 16.0 Å². The lowest BCUT2D eigenvalue weighted by Gasteiger charge is -2.12. The number of rotatable bonds is 4. The molecule has 1 aromatic carbocycles. The molecular weight excluding hydrogens is 254 g/mol. The van der Waals surface area contributed by atoms with Crippen molar-refractivity contribution in [2.75, 3.05) is 30.0 Å². The molecule has 0 aliphatic carbocycles. The van der Waals surface area contributed by atoms with Crippen LogP contribution in [0.3, 0.4) is 0 Å². The van der Waals surface area contributed by atoms with Crippen molar-refractivity contribution in [2.24, 2.45) is 0 Å². The zero-order valence-corrected chi connectivity index (χ0v) is 11.9. The first kappa shape index (κ1) is 13.9. The fourth-order valence-electron chi connectivity index (χ4n) is 1.81. The van der Waals surface area contributed by atoms with Crippen LogP contribution in [-0.2, 0) is 6.54 Å². The van der Waals surface area contributed by atoms with E-state index in [4.69, 9.17) is 5.73 Å². The van der Waals surface area contributed by atoms with E-state index in [9.17, 15) is 4.79 Å². The monoisotopic (exact) mass is 273 g/mol. The minimum atomic E-state index is -0.299. The van der Waals surface area contributed by atoms with Crippen LogP contribution in [0.1, 0.15) is 17.4 Å². The number of hydrogen-bond acceptors (Lipinski definition) is 4. The van der Waals surface area contributed by atoms with Gasteiger partial charge in [-0.3, -0.25) is 9.48 Å². The minimum Gasteiger partial charge on any atom is -0.396 e. The van der Waals surface area contributed by atoms with Gasteiger partial charge in [0.05, 0.1) is 5.69 Å². The standard InChI is InChI=1S/C14H19N5O/c1-4-19-9-12(15)13(17-19)14(20)16-10-5-7-11(8-6-10)18(2)3/h5-9H,4,15H2,1-3H3,(H,16,20). The van der Waals surface area contributed by atoms with E-state index in [-0.39, 0.29) is 11.6 Å². The average molecular weight is 273 g/mol. The number of benzene rings is 1. The number of carbonyl (C=O) groups excluding carboxylic acids is 1. The predicted molar refractivity (Wildman–Crippen MR) is 81.0 cm³/mol. The Morgan fingerprint density at radius 2 is 2.00 bits per heavy atom. The lowest BCUT2D eigenvalue weighted by Crippen LogP contribution is -2.15. The Morgan fingerprint density at radius 1 is 1.35 bits per heavy atom. The topological polar surface area (TPSA) is 76.2 Å². The molecular formula is C14H19N5O. The van der Waals surface area contributed by atoms with E-state index in [1.807, 2.05) is 50.2 Å². The van der Waals surface area contributed by atoms with Gasteiger partial charge in [0.1, 0.15) is 0 Å². The molecule has 3 N–H and O–H groups in total. The van der Waals surface area contributed by atoms with Crippen LogP contribution in [0.2, 0.25) is 0 Å². The SMILES string of the molecule is CCn1cc(N)c(C(=O)Nc2ccc(N(C)C)cc2)n1. The van der Waals surface area contributed by atoms with Gasteiger partial charge in [0.15, 0.2) is 5.69 Å². The highest BCUT2D eigenvalue weighted by Gasteiger charge is 2.14. The van der Waals surface area contributed by atoms with Gasteiger partial charge in [0.25, 0.3) is 5.91 Å². The van der Waals surface area contributed by atoms with Crippen LogP contribution in [0.15, 0.2) is 30.5 Å². The van der Waals surface area contributed by atoms with Crippen molar-refractivity contribution in [1.82, 2.24) is 9.78 Å². The van der Waals surface area contributed by atoms with Crippen molar-refractivity contribution in [3.05, 3.63) is 36.2 Å². The lowest BCUT2D eigenvalue weighted by atomic mass is 10.2. The third kappa shape index (κ3) is 2.90. The summed E-state index contributed by atoms with van der Waals surface area (Å²) in [7, 11) is 3.93. The summed E-state index contributed by atoms with van der Waals surface area (Å²) in [6, 6.07) is 7.56. The van der Waals surface area contributed by atoms with Gasteiger partial charge in [-0.1, -0.05) is 0 Å². The molecule has 1 aromatic heterocycles. The third-order valence-corrected chi connectivity index (χ3v) is 2.97. The number of anilines is 3. The van der Waals surface area contributed by atoms with Gasteiger partial charge in [-0.15, -0.1) is 0 Å². The van der Waals surface area contributed by atoms with Crippen molar-refractivity contribution in [2.45, 2.75) is 13.5 Å². The number of carbonyl (C=O) groups is 1. The van der Waals surface area contributed by atoms with Gasteiger partial charge in [0, 0.05) is 38.2 Å². The molecule has 6 nitrogen and oxygen atoms in total. The summed E-state index contributed by atoms with van der Waals surface area (Å²) in [6.45, 7) is 2.61. The van der Waals surface area contributed by atoms with E-state index < -0.39 is 0 Å². The van der Waals surface area contributed by atoms with Gasteiger partial charge >= 0.3 is 0 Å². The number of hydrogen-bond donors (Lipinski definition) is 2. The molecule has 2 aromatic rings. The molecule has 20 heavy (non-hydrogen) atoms. The van der Waals surface area contributed by atoms with Crippen molar-refractivity contribution >= 4 is 23.0 Å². The Balaban J connectivity index is 2.12. The summed E-state index contributed by atoms with van der Waals surface area (Å²) in [5.74, 6) is -0.299. The van der Waals surface area contributed by atoms with E-state index in [0.29, 0.717) is 17.9 Å². The van der Waals surface area contributed by atoms with Gasteiger partial charge in [-0.25, -0.2) is 0 Å². The molecule has 1 amide bonds. The lowest BCUT2D eigenvalue weighted by molar-refractivity contribution is 0.102. The summed E-state index contributed by atoms with van der Waals surface area (Å²) >= 11 is 0. The molecule has 1 heterocycles. The Kier molecular flexibility index (Phi) is 3.93. The summed E-state index contributed by atoms with van der Waals surface area (Å²) in [4.78, 5) is 14.1. The molecule has 106 valence electrons. The summed E-state index contributed by atoms with van der Waals surface area (Å²) in [5.41, 5.74) is 8.20. The first-order valence-corrected chi connectivity index (χ1v) is 6.43. The van der Waals surface area contributed by atoms with Gasteiger partial charge in [-0.05, 0) is 31.2 Å². The number of nitrogens with two attached hydrogens (primary N) is 1. The summed E-state index contributed by atoms with van der Waals surface area (Å²) < 4.78 is 1.64. The van der Waals surface area contributed by atoms with Crippen molar-refractivity contribution in [3.63, 3.8) is 0 Å². The second kappa shape index (κ2) is 5.64. The molecule has 0 spiro atoms. The van der Waals surface area contributed by atoms with Crippen LogP contribution in [0.4, 0.5) is 17.1 Å². The number of nitrogens with zero attached hydrogens (tertiary/aromatic N) is 3. The van der Waals surface area contributed by atoms with E-state index in [2.05, 4.69) is 10.4 Å². The number of aryl methyl sites for hydroxylation is 1. The maximum Gasteiger partial charge on any atom is 0.278 e. The van der Waals surface area contributed by atoms with Gasteiger partial charge in [-0.2, -0.15) is 5.10 Å². The number of amides is 1. The van der Waals surface area contributed by atoms with Crippen LogP contribution in [0, 0.1) is 0 Å². The maximum atomic E-state index is 12.1. The molecule has 0 aliphatic rings. The highest BCUT2D eigenvalue weighted by Crippen LogP contribution is 2.17. The van der Waals surface area contributed by atoms with Gasteiger partial charge < -0.3 is 16.0 Å². The zero-order valence-electron chi connectivity index (χ0n) is 11.9. The second-order valence-corrected chi connectivity index (χ2v) is 4.68. The van der Waals surface area contributed by atoms with Crippen molar-refractivity contribution < 1.29 is 4.79 Å². The Bertz CT molecular complexity index is 601. The van der Waals surface area contributed by atoms with E-state index in [1.165, 1.54) is 0 Å². The molecule has 0 aliphatic heterocycles. The molecule has 0 atom stereocenters. The second-order valence-electron chi connectivity index (χ2n) is 4.68. The highest BCUT2D eigenvalue weighted by molar-refractivity contribution is 6.06. The summed E-state index contributed by atoms with van der Waals surface area (Å²) in [5, 5.41) is 6.93. The number of aromatic nitrogens is 2. The van der Waals surface area contributed by atoms with E-state index >= 15 is 0 Å². The Morgan fingerprint density at radius 3 is 2.50 bits per heavy atom. The fraction of sp³-hybridized carbons (Fsp3) is 0.286. The van der Waals surface area contributed by atoms with Crippen LogP contribution in [-0.4, -0.2) is 29.8 Å². The molecule has 2 rings (SSSR count). The predicted octanol–water partition coefficient (Wildman–Crippen LogP) is 1.80. The van der Waals surface area contributed by atoms with E-state index in [0.717, 1.165) is 5.69 Å². The Labute approximate surface area is 118 Å². The highest BCUT2D eigenvalue weighted by atomic mass is 16.2. The molecule has 0 bridgehead atoms. The van der Waals surface area contributed by atoms with E-state index in [1.54, 1.807) is 10.9 Å². The molecule has 0 saturated carbocycles. The van der Waals surface area contributed by atoms with Crippen molar-refractivity contribution in [1.29, 1.82) is 0 Å². The average Bonchev–Trinajstić information content (AvgIpc) is 2.80. The normalized spacial score (nSPS) is 10.3. The molecule has 0 radical (unpaired) electrons. The summed E-state index contributed by atoms with van der Waals surface area (Å²) in [6.07, 6.45) is 1.66. The first-order chi connectivity index (χ1) is 9.51. The minimum absolute atomic E-state index is 0.253. The molecule has 0 unspecified atom stereocenters. The first-order valence-electron chi connectivity index (χ1n) is 6.43. The van der Waals surface area contributed by atoms with Crippen LogP contribution >= 0.6 is 0 Å². The Hall–Kier alpha value is -2.50. The van der Waals surface area contributed by atoms with Crippen LogP contribution in [0.5, 0.6) is 0 Å². The number of nitrogen functional groups attached to an aromatic ring is 1. The molecule has 6 heteroatoms. The molecule has 0 saturated heterocycles.